The second kappa shape index (κ2) is 4.31. The molecule has 5 heteroatoms. The molecule has 0 unspecified atom stereocenters. The first kappa shape index (κ1) is 11.4. The molecule has 0 aliphatic rings. The zero-order valence-corrected chi connectivity index (χ0v) is 11.7. The van der Waals surface area contributed by atoms with Crippen LogP contribution in [0.1, 0.15) is 5.69 Å². The average Bonchev–Trinajstić information content (AvgIpc) is 2.96. The van der Waals surface area contributed by atoms with Crippen molar-refractivity contribution in [3.05, 3.63) is 54.2 Å². The van der Waals surface area contributed by atoms with Gasteiger partial charge in [-0.3, -0.25) is 0 Å². The van der Waals surface area contributed by atoms with Gasteiger partial charge in [-0.15, -0.1) is 0 Å². The van der Waals surface area contributed by atoms with Gasteiger partial charge in [0.25, 0.3) is 0 Å². The zero-order valence-electron chi connectivity index (χ0n) is 10.9. The molecular weight excluding hydrogens is 268 g/mol. The van der Waals surface area contributed by atoms with E-state index in [9.17, 15) is 0 Å². The molecule has 1 N–H and O–H groups in total. The molecule has 0 saturated carbocycles. The van der Waals surface area contributed by atoms with Gasteiger partial charge < -0.3 is 5.32 Å². The minimum absolute atomic E-state index is 0.851. The first-order chi connectivity index (χ1) is 9.79. The number of nitrogens with one attached hydrogen (secondary N) is 1. The van der Waals surface area contributed by atoms with Gasteiger partial charge >= 0.3 is 0 Å². The molecule has 0 bridgehead atoms. The number of hydrogen-bond acceptors (Lipinski definition) is 4. The van der Waals surface area contributed by atoms with Crippen LogP contribution < -0.4 is 5.32 Å². The van der Waals surface area contributed by atoms with Gasteiger partial charge in [0.2, 0.25) is 5.13 Å². The van der Waals surface area contributed by atoms with Gasteiger partial charge in [0, 0.05) is 28.7 Å². The normalized spacial score (nSPS) is 11.2. The molecule has 0 fully saturated rings. The average molecular weight is 280 g/mol. The van der Waals surface area contributed by atoms with E-state index in [1.165, 1.54) is 22.3 Å². The van der Waals surface area contributed by atoms with Crippen molar-refractivity contribution in [2.75, 3.05) is 5.32 Å². The fourth-order valence-electron chi connectivity index (χ4n) is 2.31. The van der Waals surface area contributed by atoms with Crippen LogP contribution in [0, 0.1) is 6.92 Å². The third kappa shape index (κ3) is 1.83. The molecule has 0 radical (unpaired) electrons. The van der Waals surface area contributed by atoms with Crippen LogP contribution in [0.4, 0.5) is 10.8 Å². The molecule has 0 spiro atoms. The number of benzene rings is 2. The van der Waals surface area contributed by atoms with E-state index in [-0.39, 0.29) is 0 Å². The quantitative estimate of drug-likeness (QED) is 0.603. The second-order valence-electron chi connectivity index (χ2n) is 4.68. The minimum Gasteiger partial charge on any atom is -0.330 e. The van der Waals surface area contributed by atoms with Gasteiger partial charge in [-0.25, -0.2) is 0 Å². The van der Waals surface area contributed by atoms with Gasteiger partial charge in [-0.1, -0.05) is 36.4 Å². The molecule has 0 saturated heterocycles. The highest BCUT2D eigenvalue weighted by atomic mass is 32.1. The van der Waals surface area contributed by atoms with Gasteiger partial charge in [-0.05, 0) is 18.4 Å². The van der Waals surface area contributed by atoms with Crippen LogP contribution in [-0.2, 0) is 0 Å². The van der Waals surface area contributed by atoms with Crippen molar-refractivity contribution in [2.24, 2.45) is 0 Å². The van der Waals surface area contributed by atoms with Gasteiger partial charge in [0.15, 0.2) is 5.65 Å². The minimum atomic E-state index is 0.851. The summed E-state index contributed by atoms with van der Waals surface area (Å²) in [7, 11) is 0. The predicted octanol–water partition coefficient (Wildman–Crippen LogP) is 4.00. The van der Waals surface area contributed by atoms with Crippen molar-refractivity contribution in [2.45, 2.75) is 6.92 Å². The summed E-state index contributed by atoms with van der Waals surface area (Å²) in [6, 6.07) is 16.5. The lowest BCUT2D eigenvalue weighted by Crippen LogP contribution is -1.90. The standard InChI is InChI=1S/C15H12N4S/c1-10-9-14-17-15(20-19(14)18-10)16-13-8-4-6-11-5-2-3-7-12(11)13/h2-9H,1H3,(H,16,17). The molecule has 2 aromatic heterocycles. The van der Waals surface area contributed by atoms with Crippen LogP contribution in [0.25, 0.3) is 16.4 Å². The molecule has 98 valence electrons. The molecular formula is C15H12N4S. The van der Waals surface area contributed by atoms with Gasteiger partial charge in [0.05, 0.1) is 5.69 Å². The molecule has 4 aromatic rings. The fraction of sp³-hybridized carbons (Fsp3) is 0.0667. The molecule has 4 rings (SSSR count). The maximum absolute atomic E-state index is 4.54. The predicted molar refractivity (Wildman–Crippen MR) is 82.8 cm³/mol. The molecule has 0 aliphatic carbocycles. The van der Waals surface area contributed by atoms with Crippen LogP contribution in [0.2, 0.25) is 0 Å². The van der Waals surface area contributed by atoms with Crippen molar-refractivity contribution >= 4 is 38.8 Å². The van der Waals surface area contributed by atoms with Crippen LogP contribution >= 0.6 is 11.5 Å². The summed E-state index contributed by atoms with van der Waals surface area (Å²) in [6.45, 7) is 1.97. The molecule has 2 heterocycles. The first-order valence-corrected chi connectivity index (χ1v) is 7.15. The second-order valence-corrected chi connectivity index (χ2v) is 5.59. The topological polar surface area (TPSA) is 42.2 Å². The van der Waals surface area contributed by atoms with E-state index < -0.39 is 0 Å². The Morgan fingerprint density at radius 1 is 1.10 bits per heavy atom. The fourth-order valence-corrected chi connectivity index (χ4v) is 3.12. The van der Waals surface area contributed by atoms with Crippen molar-refractivity contribution in [3.8, 4) is 0 Å². The summed E-state index contributed by atoms with van der Waals surface area (Å²) in [5, 5.41) is 11.0. The highest BCUT2D eigenvalue weighted by molar-refractivity contribution is 7.10. The van der Waals surface area contributed by atoms with E-state index in [1.807, 2.05) is 35.1 Å². The number of aryl methyl sites for hydroxylation is 1. The summed E-state index contributed by atoms with van der Waals surface area (Å²) < 4.78 is 1.84. The number of fused-ring (bicyclic) bond motifs is 2. The Balaban J connectivity index is 1.78. The first-order valence-electron chi connectivity index (χ1n) is 6.38. The number of anilines is 2. The Bertz CT molecular complexity index is 870. The van der Waals surface area contributed by atoms with E-state index in [1.54, 1.807) is 0 Å². The summed E-state index contributed by atoms with van der Waals surface area (Å²) in [5.41, 5.74) is 2.94. The Morgan fingerprint density at radius 3 is 2.85 bits per heavy atom. The smallest absolute Gasteiger partial charge is 0.207 e. The molecule has 2 aromatic carbocycles. The van der Waals surface area contributed by atoms with Crippen molar-refractivity contribution < 1.29 is 0 Å². The Hall–Kier alpha value is -2.40. The molecule has 4 nitrogen and oxygen atoms in total. The van der Waals surface area contributed by atoms with Crippen LogP contribution in [0.3, 0.4) is 0 Å². The maximum Gasteiger partial charge on any atom is 0.207 e. The highest BCUT2D eigenvalue weighted by Crippen LogP contribution is 2.27. The van der Waals surface area contributed by atoms with Gasteiger partial charge in [0.1, 0.15) is 0 Å². The zero-order chi connectivity index (χ0) is 13.5. The Kier molecular flexibility index (Phi) is 2.47. The van der Waals surface area contributed by atoms with Gasteiger partial charge in [-0.2, -0.15) is 14.0 Å². The molecule has 0 aliphatic heterocycles. The van der Waals surface area contributed by atoms with Crippen molar-refractivity contribution in [3.63, 3.8) is 0 Å². The lowest BCUT2D eigenvalue weighted by Gasteiger charge is -2.06. The van der Waals surface area contributed by atoms with Crippen LogP contribution in [0.5, 0.6) is 0 Å². The lowest BCUT2D eigenvalue weighted by atomic mass is 10.1. The summed E-state index contributed by atoms with van der Waals surface area (Å²) >= 11 is 1.50. The SMILES string of the molecule is Cc1cc2nc(Nc3cccc4ccccc34)sn2n1. The monoisotopic (exact) mass is 280 g/mol. The molecule has 20 heavy (non-hydrogen) atoms. The summed E-state index contributed by atoms with van der Waals surface area (Å²) in [4.78, 5) is 4.54. The van der Waals surface area contributed by atoms with Crippen LogP contribution in [-0.4, -0.2) is 14.0 Å². The van der Waals surface area contributed by atoms with Crippen molar-refractivity contribution in [1.29, 1.82) is 0 Å². The third-order valence-corrected chi connectivity index (χ3v) is 4.01. The van der Waals surface area contributed by atoms with E-state index >= 15 is 0 Å². The van der Waals surface area contributed by atoms with Crippen LogP contribution in [0.15, 0.2) is 48.5 Å². The maximum atomic E-state index is 4.54. The van der Waals surface area contributed by atoms with Crippen molar-refractivity contribution in [1.82, 2.24) is 14.0 Å². The van der Waals surface area contributed by atoms with E-state index in [0.717, 1.165) is 22.2 Å². The summed E-state index contributed by atoms with van der Waals surface area (Å²) in [6.07, 6.45) is 0. The lowest BCUT2D eigenvalue weighted by molar-refractivity contribution is 1.02. The number of aromatic nitrogens is 3. The Labute approximate surface area is 119 Å². The number of hydrogen-bond donors (Lipinski definition) is 1. The van der Waals surface area contributed by atoms with E-state index in [0.29, 0.717) is 0 Å². The summed E-state index contributed by atoms with van der Waals surface area (Å²) in [5.74, 6) is 0. The largest absolute Gasteiger partial charge is 0.330 e. The van der Waals surface area contributed by atoms with E-state index in [4.69, 9.17) is 0 Å². The van der Waals surface area contributed by atoms with E-state index in [2.05, 4.69) is 39.7 Å². The molecule has 0 amide bonds. The number of nitrogens with zero attached hydrogens (tertiary/aromatic N) is 3. The Morgan fingerprint density at radius 2 is 1.95 bits per heavy atom. The number of rotatable bonds is 2. The third-order valence-electron chi connectivity index (χ3n) is 3.20. The molecule has 0 atom stereocenters. The highest BCUT2D eigenvalue weighted by Gasteiger charge is 2.07.